The fraction of sp³-hybridized carbons (Fsp3) is 0.318. The van der Waals surface area contributed by atoms with Crippen molar-refractivity contribution in [2.45, 2.75) is 31.9 Å². The molecule has 2 atom stereocenters. The van der Waals surface area contributed by atoms with Crippen LogP contribution in [0.25, 0.3) is 5.69 Å². The second kappa shape index (κ2) is 7.65. The second-order valence-corrected chi connectivity index (χ2v) is 8.11. The lowest BCUT2D eigenvalue weighted by Gasteiger charge is -2.32. The molecule has 1 aliphatic carbocycles. The van der Waals surface area contributed by atoms with Gasteiger partial charge in [-0.3, -0.25) is 0 Å². The summed E-state index contributed by atoms with van der Waals surface area (Å²) in [6.45, 7) is 1.94. The van der Waals surface area contributed by atoms with Crippen molar-refractivity contribution in [3.8, 4) is 11.6 Å². The minimum atomic E-state index is -0.159. The van der Waals surface area contributed by atoms with Crippen LogP contribution in [0.5, 0.6) is 5.88 Å². The van der Waals surface area contributed by atoms with E-state index in [1.165, 1.54) is 12.8 Å². The van der Waals surface area contributed by atoms with E-state index in [0.717, 1.165) is 16.9 Å². The number of rotatable bonds is 5. The first-order valence-corrected chi connectivity index (χ1v) is 10.3. The third-order valence-corrected chi connectivity index (χ3v) is 5.73. The average Bonchev–Trinajstić information content (AvgIpc) is 3.54. The predicted octanol–water partition coefficient (Wildman–Crippen LogP) is 4.04. The van der Waals surface area contributed by atoms with Crippen LogP contribution >= 0.6 is 11.6 Å². The van der Waals surface area contributed by atoms with Crippen LogP contribution in [0.4, 0.5) is 0 Å². The maximum Gasteiger partial charge on any atom is 0.238 e. The van der Waals surface area contributed by atoms with Crippen LogP contribution in [0.1, 0.15) is 35.9 Å². The molecule has 2 aromatic heterocycles. The molecule has 0 radical (unpaired) electrons. The summed E-state index contributed by atoms with van der Waals surface area (Å²) < 4.78 is 7.42. The van der Waals surface area contributed by atoms with E-state index < -0.39 is 0 Å². The van der Waals surface area contributed by atoms with Gasteiger partial charge < -0.3 is 19.5 Å². The van der Waals surface area contributed by atoms with Gasteiger partial charge in [0.25, 0.3) is 0 Å². The molecular formula is C22H22ClN5O2. The van der Waals surface area contributed by atoms with Crippen molar-refractivity contribution in [1.29, 1.82) is 0 Å². The van der Waals surface area contributed by atoms with E-state index in [4.69, 9.17) is 21.2 Å². The van der Waals surface area contributed by atoms with Gasteiger partial charge in [0.2, 0.25) is 5.88 Å². The molecule has 8 heteroatoms. The first-order valence-electron chi connectivity index (χ1n) is 9.94. The van der Waals surface area contributed by atoms with Crippen LogP contribution in [0, 0.1) is 12.8 Å². The van der Waals surface area contributed by atoms with E-state index in [9.17, 15) is 0 Å². The molecule has 3 aromatic rings. The van der Waals surface area contributed by atoms with Crippen LogP contribution in [-0.4, -0.2) is 33.5 Å². The summed E-state index contributed by atoms with van der Waals surface area (Å²) in [5, 5.41) is 8.63. The summed E-state index contributed by atoms with van der Waals surface area (Å²) in [5.41, 5.74) is 3.47. The third kappa shape index (κ3) is 3.61. The van der Waals surface area contributed by atoms with Crippen molar-refractivity contribution in [1.82, 2.24) is 19.9 Å². The van der Waals surface area contributed by atoms with Gasteiger partial charge in [-0.15, -0.1) is 0 Å². The number of amidine groups is 1. The number of nitrogens with zero attached hydrogens (tertiary/aromatic N) is 4. The molecule has 2 aliphatic rings. The monoisotopic (exact) mass is 423 g/mol. The number of imidazole rings is 1. The molecule has 1 fully saturated rings. The summed E-state index contributed by atoms with van der Waals surface area (Å²) in [6.07, 6.45) is 5.86. The SMILES string of the molecule is COc1nc(C2=NO[C@H](c3ccc(Cl)cc3)[C@H](C3CC3)N2)ccc1-n1cnc(C)c1. The molecule has 1 aliphatic heterocycles. The lowest BCUT2D eigenvalue weighted by molar-refractivity contribution is 0.0143. The molecule has 7 nitrogen and oxygen atoms in total. The van der Waals surface area contributed by atoms with Crippen LogP contribution in [-0.2, 0) is 4.84 Å². The Kier molecular flexibility index (Phi) is 4.83. The molecule has 5 rings (SSSR count). The fourth-order valence-electron chi connectivity index (χ4n) is 3.76. The standard InChI is InChI=1S/C22H22ClN5O2/c1-13-11-28(12-24-13)18-10-9-17(25-22(18)29-2)21-26-19(14-3-4-14)20(30-27-21)15-5-7-16(23)8-6-15/h5-12,14,19-20H,3-4H2,1-2H3,(H,26,27)/t19-,20+/m0/s1. The molecule has 1 saturated carbocycles. The van der Waals surface area contributed by atoms with Crippen LogP contribution in [0.2, 0.25) is 5.02 Å². The summed E-state index contributed by atoms with van der Waals surface area (Å²) in [5.74, 6) is 1.66. The molecule has 0 unspecified atom stereocenters. The maximum absolute atomic E-state index is 6.04. The number of halogens is 1. The summed E-state index contributed by atoms with van der Waals surface area (Å²) in [7, 11) is 1.61. The van der Waals surface area contributed by atoms with E-state index in [0.29, 0.717) is 28.4 Å². The largest absolute Gasteiger partial charge is 0.479 e. The van der Waals surface area contributed by atoms with Crippen molar-refractivity contribution >= 4 is 17.4 Å². The van der Waals surface area contributed by atoms with E-state index in [2.05, 4.69) is 20.4 Å². The van der Waals surface area contributed by atoms with Crippen molar-refractivity contribution in [2.75, 3.05) is 7.11 Å². The quantitative estimate of drug-likeness (QED) is 0.670. The smallest absolute Gasteiger partial charge is 0.238 e. The predicted molar refractivity (Wildman–Crippen MR) is 114 cm³/mol. The molecule has 0 bridgehead atoms. The van der Waals surface area contributed by atoms with Crippen LogP contribution in [0.3, 0.4) is 0 Å². The zero-order valence-corrected chi connectivity index (χ0v) is 17.5. The Morgan fingerprint density at radius 2 is 1.97 bits per heavy atom. The minimum absolute atomic E-state index is 0.127. The Bertz CT molecular complexity index is 1090. The number of aryl methyl sites for hydroxylation is 1. The molecule has 1 N–H and O–H groups in total. The zero-order chi connectivity index (χ0) is 20.7. The number of hydrogen-bond donors (Lipinski definition) is 1. The Morgan fingerprint density at radius 1 is 1.17 bits per heavy atom. The summed E-state index contributed by atoms with van der Waals surface area (Å²) in [6, 6.07) is 11.7. The number of methoxy groups -OCH3 is 1. The summed E-state index contributed by atoms with van der Waals surface area (Å²) >= 11 is 6.04. The van der Waals surface area contributed by atoms with Crippen molar-refractivity contribution in [3.05, 3.63) is 70.9 Å². The van der Waals surface area contributed by atoms with Crippen LogP contribution in [0.15, 0.2) is 54.1 Å². The lowest BCUT2D eigenvalue weighted by atomic mass is 9.97. The van der Waals surface area contributed by atoms with Gasteiger partial charge in [0.05, 0.1) is 25.2 Å². The average molecular weight is 424 g/mol. The number of pyridine rings is 1. The molecule has 1 aromatic carbocycles. The Balaban J connectivity index is 1.45. The number of ether oxygens (including phenoxy) is 1. The van der Waals surface area contributed by atoms with Gasteiger partial charge in [-0.05, 0) is 55.5 Å². The molecule has 0 saturated heterocycles. The molecule has 3 heterocycles. The third-order valence-electron chi connectivity index (χ3n) is 5.48. The van der Waals surface area contributed by atoms with E-state index in [-0.39, 0.29) is 12.1 Å². The van der Waals surface area contributed by atoms with Gasteiger partial charge in [-0.25, -0.2) is 9.97 Å². The van der Waals surface area contributed by atoms with E-state index in [1.807, 2.05) is 54.1 Å². The van der Waals surface area contributed by atoms with E-state index in [1.54, 1.807) is 13.4 Å². The fourth-order valence-corrected chi connectivity index (χ4v) is 3.89. The normalized spacial score (nSPS) is 20.8. The first kappa shape index (κ1) is 18.9. The number of nitrogens with one attached hydrogen (secondary N) is 1. The van der Waals surface area contributed by atoms with Gasteiger partial charge >= 0.3 is 0 Å². The molecule has 0 spiro atoms. The highest BCUT2D eigenvalue weighted by Crippen LogP contribution is 2.41. The highest BCUT2D eigenvalue weighted by atomic mass is 35.5. The summed E-state index contributed by atoms with van der Waals surface area (Å²) in [4.78, 5) is 14.9. The number of benzene rings is 1. The topological polar surface area (TPSA) is 73.6 Å². The second-order valence-electron chi connectivity index (χ2n) is 7.67. The van der Waals surface area contributed by atoms with Crippen LogP contribution < -0.4 is 10.1 Å². The van der Waals surface area contributed by atoms with Gasteiger partial charge in [0, 0.05) is 11.2 Å². The van der Waals surface area contributed by atoms with Gasteiger partial charge in [0.15, 0.2) is 11.9 Å². The highest BCUT2D eigenvalue weighted by Gasteiger charge is 2.42. The van der Waals surface area contributed by atoms with Gasteiger partial charge in [-0.1, -0.05) is 28.9 Å². The molecule has 30 heavy (non-hydrogen) atoms. The maximum atomic E-state index is 6.04. The van der Waals surface area contributed by atoms with Gasteiger partial charge in [0.1, 0.15) is 11.4 Å². The molecule has 154 valence electrons. The number of oxime groups is 1. The Hall–Kier alpha value is -3.06. The molecular weight excluding hydrogens is 402 g/mol. The van der Waals surface area contributed by atoms with Gasteiger partial charge in [-0.2, -0.15) is 0 Å². The molecule has 0 amide bonds. The lowest BCUT2D eigenvalue weighted by Crippen LogP contribution is -2.45. The first-order chi connectivity index (χ1) is 14.6. The Labute approximate surface area is 179 Å². The number of hydrogen-bond acceptors (Lipinski definition) is 6. The van der Waals surface area contributed by atoms with E-state index >= 15 is 0 Å². The number of aromatic nitrogens is 3. The van der Waals surface area contributed by atoms with Crippen molar-refractivity contribution in [3.63, 3.8) is 0 Å². The van der Waals surface area contributed by atoms with Crippen molar-refractivity contribution in [2.24, 2.45) is 11.1 Å². The Morgan fingerprint density at radius 3 is 2.63 bits per heavy atom. The van der Waals surface area contributed by atoms with Crippen molar-refractivity contribution < 1.29 is 9.57 Å². The minimum Gasteiger partial charge on any atom is -0.479 e. The zero-order valence-electron chi connectivity index (χ0n) is 16.7. The highest BCUT2D eigenvalue weighted by molar-refractivity contribution is 6.30.